The summed E-state index contributed by atoms with van der Waals surface area (Å²) in [5.41, 5.74) is 9.50. The zero-order valence-electron chi connectivity index (χ0n) is 37.0. The van der Waals surface area contributed by atoms with Gasteiger partial charge in [-0.05, 0) is 163 Å². The number of carbonyl (C=O) groups is 5. The number of nitrogens with zero attached hydrogens (tertiary/aromatic N) is 6. The molecule has 65 heavy (non-hydrogen) atoms. The van der Waals surface area contributed by atoms with Crippen molar-refractivity contribution in [3.05, 3.63) is 89.5 Å². The highest BCUT2D eigenvalue weighted by molar-refractivity contribution is 6.23. The third-order valence-electron chi connectivity index (χ3n) is 15.0. The van der Waals surface area contributed by atoms with Gasteiger partial charge in [0.05, 0.1) is 17.2 Å². The highest BCUT2D eigenvalue weighted by Crippen LogP contribution is 2.41. The first-order valence-electron chi connectivity index (χ1n) is 23.7. The standard InChI is InChI=1S/C50H59N9O6/c51-46(61)44-45(35-6-9-38(10-7-35)65-37-4-2-1-3-5-37)54-59-41(14-22-52-47(44)59)34-20-26-56(27-21-34)31-33-16-24-55(25-17-33)23-15-32-18-28-57(29-19-32)36-8-11-39-40(30-36)50(64)58(49(39)63)42-12-13-43(60)53-48(42)62/h1-11,30,32-34,41-42,52H,12-29,31H2,(H2,51,61)(H,53,60,62)/t41-,42?/m0/s1. The number of nitrogens with one attached hydrogen (secondary N) is 2. The summed E-state index contributed by atoms with van der Waals surface area (Å²) in [5.74, 6) is 1.70. The van der Waals surface area contributed by atoms with Gasteiger partial charge in [-0.2, -0.15) is 5.10 Å². The Bertz CT molecular complexity index is 2430. The number of para-hydroxylation sites is 1. The molecule has 4 saturated heterocycles. The number of hydrogen-bond acceptors (Lipinski definition) is 11. The van der Waals surface area contributed by atoms with Crippen LogP contribution in [0.3, 0.4) is 0 Å². The molecule has 0 bridgehead atoms. The molecule has 7 heterocycles. The minimum atomic E-state index is -0.956. The molecule has 0 radical (unpaired) electrons. The Morgan fingerprint density at radius 2 is 1.43 bits per heavy atom. The van der Waals surface area contributed by atoms with Gasteiger partial charge in [-0.25, -0.2) is 4.68 Å². The van der Waals surface area contributed by atoms with Crippen LogP contribution in [0.1, 0.15) is 101 Å². The highest BCUT2D eigenvalue weighted by Gasteiger charge is 2.45. The molecule has 6 aliphatic heterocycles. The number of likely N-dealkylation sites (tertiary alicyclic amines) is 2. The predicted molar refractivity (Wildman–Crippen MR) is 246 cm³/mol. The van der Waals surface area contributed by atoms with Gasteiger partial charge >= 0.3 is 0 Å². The number of amides is 5. The van der Waals surface area contributed by atoms with Crippen molar-refractivity contribution < 1.29 is 28.7 Å². The zero-order chi connectivity index (χ0) is 44.6. The van der Waals surface area contributed by atoms with Crippen molar-refractivity contribution in [2.75, 3.05) is 69.1 Å². The summed E-state index contributed by atoms with van der Waals surface area (Å²) in [5, 5.41) is 10.8. The quantitative estimate of drug-likeness (QED) is 0.144. The number of carbonyl (C=O) groups excluding carboxylic acids is 5. The number of fused-ring (bicyclic) bond motifs is 2. The van der Waals surface area contributed by atoms with Crippen LogP contribution in [0, 0.1) is 17.8 Å². The topological polar surface area (TPSA) is 175 Å². The first kappa shape index (κ1) is 42.9. The van der Waals surface area contributed by atoms with E-state index < -0.39 is 29.7 Å². The molecule has 4 fully saturated rings. The lowest BCUT2D eigenvalue weighted by Gasteiger charge is -2.41. The molecular formula is C50H59N9O6. The van der Waals surface area contributed by atoms with Crippen molar-refractivity contribution in [1.82, 2.24) is 29.8 Å². The second-order valence-electron chi connectivity index (χ2n) is 18.9. The lowest BCUT2D eigenvalue weighted by atomic mass is 9.86. The molecule has 3 aromatic carbocycles. The summed E-state index contributed by atoms with van der Waals surface area (Å²) in [6, 6.07) is 22.1. The minimum absolute atomic E-state index is 0.105. The van der Waals surface area contributed by atoms with Crippen molar-refractivity contribution in [3.8, 4) is 22.8 Å². The summed E-state index contributed by atoms with van der Waals surface area (Å²) in [4.78, 5) is 72.2. The van der Waals surface area contributed by atoms with Crippen molar-refractivity contribution >= 4 is 41.0 Å². The number of ether oxygens (including phenoxy) is 1. The molecule has 1 aromatic heterocycles. The Kier molecular flexibility index (Phi) is 12.2. The van der Waals surface area contributed by atoms with E-state index in [1.165, 1.54) is 19.3 Å². The maximum Gasteiger partial charge on any atom is 0.262 e. The molecule has 0 aliphatic carbocycles. The van der Waals surface area contributed by atoms with Gasteiger partial charge in [0.2, 0.25) is 11.8 Å². The molecule has 10 rings (SSSR count). The van der Waals surface area contributed by atoms with Crippen LogP contribution in [0.4, 0.5) is 11.5 Å². The maximum absolute atomic E-state index is 13.4. The summed E-state index contributed by atoms with van der Waals surface area (Å²) in [6.07, 6.45) is 9.29. The first-order chi connectivity index (χ1) is 31.7. The highest BCUT2D eigenvalue weighted by atomic mass is 16.5. The maximum atomic E-state index is 13.4. The summed E-state index contributed by atoms with van der Waals surface area (Å²) < 4.78 is 8.06. The van der Waals surface area contributed by atoms with Crippen molar-refractivity contribution in [2.24, 2.45) is 23.5 Å². The molecule has 15 nitrogen and oxygen atoms in total. The fourth-order valence-corrected chi connectivity index (χ4v) is 11.3. The average Bonchev–Trinajstić information content (AvgIpc) is 3.84. The largest absolute Gasteiger partial charge is 0.457 e. The number of aromatic nitrogens is 2. The number of benzene rings is 3. The van der Waals surface area contributed by atoms with Gasteiger partial charge in [-0.3, -0.25) is 34.2 Å². The Labute approximate surface area is 379 Å². The first-order valence-corrected chi connectivity index (χ1v) is 23.7. The minimum Gasteiger partial charge on any atom is -0.457 e. The number of primary amides is 1. The average molecular weight is 882 g/mol. The van der Waals surface area contributed by atoms with Crippen molar-refractivity contribution in [1.29, 1.82) is 0 Å². The molecule has 5 amide bonds. The van der Waals surface area contributed by atoms with Crippen LogP contribution in [0.25, 0.3) is 11.3 Å². The van der Waals surface area contributed by atoms with E-state index in [0.717, 1.165) is 125 Å². The van der Waals surface area contributed by atoms with Crippen LogP contribution in [0.5, 0.6) is 11.5 Å². The van der Waals surface area contributed by atoms with E-state index in [9.17, 15) is 24.0 Å². The van der Waals surface area contributed by atoms with Gasteiger partial charge in [0.15, 0.2) is 0 Å². The Balaban J connectivity index is 0.661. The van der Waals surface area contributed by atoms with E-state index in [1.807, 2.05) is 60.7 Å². The smallest absolute Gasteiger partial charge is 0.262 e. The van der Waals surface area contributed by atoms with Crippen LogP contribution >= 0.6 is 0 Å². The van der Waals surface area contributed by atoms with Gasteiger partial charge in [-0.1, -0.05) is 18.2 Å². The fraction of sp³-hybridized carbons (Fsp3) is 0.480. The van der Waals surface area contributed by atoms with E-state index in [-0.39, 0.29) is 24.8 Å². The monoisotopic (exact) mass is 881 g/mol. The molecule has 4 N–H and O–H groups in total. The van der Waals surface area contributed by atoms with Crippen molar-refractivity contribution in [2.45, 2.75) is 76.3 Å². The molecule has 2 atom stereocenters. The number of nitrogens with two attached hydrogens (primary N) is 1. The second kappa shape index (κ2) is 18.4. The molecule has 4 aromatic rings. The van der Waals surface area contributed by atoms with Gasteiger partial charge < -0.3 is 30.5 Å². The lowest BCUT2D eigenvalue weighted by Crippen LogP contribution is -2.54. The SMILES string of the molecule is NC(=O)c1c(-c2ccc(Oc3ccccc3)cc2)nn2c1NCC[C@H]2C1CCN(CC2CCN(CCC3CCN(c4ccc5c(c4)C(=O)N(C4CCC(=O)NC4=O)C5=O)CC3)CC2)CC1. The van der Waals surface area contributed by atoms with Gasteiger partial charge in [0.25, 0.3) is 17.7 Å². The molecule has 6 aliphatic rings. The van der Waals surface area contributed by atoms with Crippen LogP contribution < -0.4 is 26.0 Å². The van der Waals surface area contributed by atoms with Gasteiger partial charge in [-0.15, -0.1) is 0 Å². The van der Waals surface area contributed by atoms with E-state index >= 15 is 0 Å². The van der Waals surface area contributed by atoms with Gasteiger partial charge in [0.1, 0.15) is 34.6 Å². The molecule has 1 unspecified atom stereocenters. The number of anilines is 2. The van der Waals surface area contributed by atoms with Gasteiger partial charge in [0, 0.05) is 43.9 Å². The third kappa shape index (κ3) is 8.87. The lowest BCUT2D eigenvalue weighted by molar-refractivity contribution is -0.136. The molecule has 0 spiro atoms. The van der Waals surface area contributed by atoms with Crippen molar-refractivity contribution in [3.63, 3.8) is 0 Å². The van der Waals surface area contributed by atoms with Crippen LogP contribution in [0.2, 0.25) is 0 Å². The van der Waals surface area contributed by atoms with E-state index in [1.54, 1.807) is 12.1 Å². The Morgan fingerprint density at radius 3 is 2.15 bits per heavy atom. The summed E-state index contributed by atoms with van der Waals surface area (Å²) in [7, 11) is 0. The molecule has 15 heteroatoms. The van der Waals surface area contributed by atoms with Crippen LogP contribution in [-0.4, -0.2) is 119 Å². The second-order valence-corrected chi connectivity index (χ2v) is 18.9. The van der Waals surface area contributed by atoms with E-state index in [0.29, 0.717) is 40.0 Å². The number of imide groups is 2. The number of hydrogen-bond donors (Lipinski definition) is 3. The number of piperidine rings is 4. The fourth-order valence-electron chi connectivity index (χ4n) is 11.3. The molecule has 340 valence electrons. The van der Waals surface area contributed by atoms with Crippen LogP contribution in [-0.2, 0) is 9.59 Å². The van der Waals surface area contributed by atoms with Crippen LogP contribution in [0.15, 0.2) is 72.8 Å². The zero-order valence-corrected chi connectivity index (χ0v) is 37.0. The molecule has 0 saturated carbocycles. The Hall–Kier alpha value is -6.06. The van der Waals surface area contributed by atoms with E-state index in [4.69, 9.17) is 15.6 Å². The Morgan fingerprint density at radius 1 is 0.738 bits per heavy atom. The summed E-state index contributed by atoms with van der Waals surface area (Å²) >= 11 is 0. The summed E-state index contributed by atoms with van der Waals surface area (Å²) in [6.45, 7) is 9.37. The third-order valence-corrected chi connectivity index (χ3v) is 15.0. The normalized spacial score (nSPS) is 22.7. The number of rotatable bonds is 12. The predicted octanol–water partition coefficient (Wildman–Crippen LogP) is 5.93. The molecular weight excluding hydrogens is 823 g/mol. The van der Waals surface area contributed by atoms with E-state index in [2.05, 4.69) is 30.0 Å².